The molecule has 0 radical (unpaired) electrons. The molecule has 20 heavy (non-hydrogen) atoms. The summed E-state index contributed by atoms with van der Waals surface area (Å²) in [6, 6.07) is 0.114. The van der Waals surface area contributed by atoms with Crippen molar-refractivity contribution in [2.45, 2.75) is 96.7 Å². The summed E-state index contributed by atoms with van der Waals surface area (Å²) in [4.78, 5) is 0. The molecule has 1 heterocycles. The number of rotatable bonds is 5. The van der Waals surface area contributed by atoms with Gasteiger partial charge in [0.1, 0.15) is 6.10 Å². The second-order valence-electron chi connectivity index (χ2n) is 7.67. The first-order chi connectivity index (χ1) is 9.37. The molecule has 0 aromatic heterocycles. The average molecular weight is 283 g/mol. The molecule has 1 aliphatic carbocycles. The standard InChI is InChI=1S/C17H33NO2/c1-12(2)10-15-16(20-17(3,4)19-15)14(18)11-13-8-6-5-7-9-13/h12-16H,5-11,18H2,1-4H3/t14-,15-,16-/m0/s1. The van der Waals surface area contributed by atoms with Gasteiger partial charge < -0.3 is 15.2 Å². The zero-order valence-corrected chi connectivity index (χ0v) is 13.7. The van der Waals surface area contributed by atoms with Crippen LogP contribution in [-0.2, 0) is 9.47 Å². The molecule has 2 N–H and O–H groups in total. The Morgan fingerprint density at radius 3 is 2.30 bits per heavy atom. The number of ether oxygens (including phenoxy) is 2. The van der Waals surface area contributed by atoms with Crippen LogP contribution in [0.3, 0.4) is 0 Å². The van der Waals surface area contributed by atoms with Gasteiger partial charge in [0, 0.05) is 6.04 Å². The molecular formula is C17H33NO2. The van der Waals surface area contributed by atoms with Crippen molar-refractivity contribution in [3.8, 4) is 0 Å². The van der Waals surface area contributed by atoms with Crippen molar-refractivity contribution in [3.05, 3.63) is 0 Å². The molecule has 0 bridgehead atoms. The molecule has 3 heteroatoms. The summed E-state index contributed by atoms with van der Waals surface area (Å²) in [6.45, 7) is 8.48. The normalized spacial score (nSPS) is 32.7. The highest BCUT2D eigenvalue weighted by Crippen LogP contribution is 2.35. The quantitative estimate of drug-likeness (QED) is 0.833. The molecular weight excluding hydrogens is 250 g/mol. The van der Waals surface area contributed by atoms with Crippen molar-refractivity contribution in [2.75, 3.05) is 0 Å². The highest BCUT2D eigenvalue weighted by Gasteiger charge is 2.44. The van der Waals surface area contributed by atoms with Gasteiger partial charge in [0.25, 0.3) is 0 Å². The van der Waals surface area contributed by atoms with Gasteiger partial charge >= 0.3 is 0 Å². The van der Waals surface area contributed by atoms with Crippen LogP contribution in [0.1, 0.15) is 72.6 Å². The van der Waals surface area contributed by atoms with Crippen LogP contribution in [0.2, 0.25) is 0 Å². The summed E-state index contributed by atoms with van der Waals surface area (Å²) in [7, 11) is 0. The first-order valence-corrected chi connectivity index (χ1v) is 8.48. The van der Waals surface area contributed by atoms with E-state index in [-0.39, 0.29) is 18.2 Å². The lowest BCUT2D eigenvalue weighted by molar-refractivity contribution is -0.149. The molecule has 1 aliphatic heterocycles. The minimum absolute atomic E-state index is 0.0642. The topological polar surface area (TPSA) is 44.5 Å². The summed E-state index contributed by atoms with van der Waals surface area (Å²) in [5.74, 6) is 0.932. The van der Waals surface area contributed by atoms with Gasteiger partial charge in [-0.15, -0.1) is 0 Å². The maximum atomic E-state index is 6.49. The van der Waals surface area contributed by atoms with E-state index >= 15 is 0 Å². The Morgan fingerprint density at radius 2 is 1.70 bits per heavy atom. The molecule has 1 saturated heterocycles. The molecule has 2 rings (SSSR count). The minimum atomic E-state index is -0.478. The minimum Gasteiger partial charge on any atom is -0.345 e. The molecule has 0 unspecified atom stereocenters. The maximum absolute atomic E-state index is 6.49. The fraction of sp³-hybridized carbons (Fsp3) is 1.00. The molecule has 3 nitrogen and oxygen atoms in total. The summed E-state index contributed by atoms with van der Waals surface area (Å²) in [5, 5.41) is 0. The van der Waals surface area contributed by atoms with Crippen LogP contribution in [0.5, 0.6) is 0 Å². The number of hydrogen-bond donors (Lipinski definition) is 1. The summed E-state index contributed by atoms with van der Waals surface area (Å²) in [6.07, 6.45) is 9.20. The molecule has 2 fully saturated rings. The van der Waals surface area contributed by atoms with E-state index in [2.05, 4.69) is 13.8 Å². The van der Waals surface area contributed by atoms with Crippen molar-refractivity contribution >= 4 is 0 Å². The highest BCUT2D eigenvalue weighted by atomic mass is 16.8. The Kier molecular flexibility index (Phi) is 5.49. The molecule has 0 spiro atoms. The van der Waals surface area contributed by atoms with E-state index in [1.54, 1.807) is 0 Å². The lowest BCUT2D eigenvalue weighted by Crippen LogP contribution is -2.43. The zero-order chi connectivity index (χ0) is 14.8. The Morgan fingerprint density at radius 1 is 1.05 bits per heavy atom. The van der Waals surface area contributed by atoms with E-state index in [0.29, 0.717) is 5.92 Å². The van der Waals surface area contributed by atoms with Crippen LogP contribution in [0.25, 0.3) is 0 Å². The molecule has 0 amide bonds. The van der Waals surface area contributed by atoms with Gasteiger partial charge in [-0.3, -0.25) is 0 Å². The van der Waals surface area contributed by atoms with Crippen molar-refractivity contribution in [3.63, 3.8) is 0 Å². The number of hydrogen-bond acceptors (Lipinski definition) is 3. The van der Waals surface area contributed by atoms with E-state index in [9.17, 15) is 0 Å². The fourth-order valence-corrected chi connectivity index (χ4v) is 3.81. The van der Waals surface area contributed by atoms with Crippen molar-refractivity contribution in [2.24, 2.45) is 17.6 Å². The van der Waals surface area contributed by atoms with Crippen molar-refractivity contribution < 1.29 is 9.47 Å². The van der Waals surface area contributed by atoms with Crippen LogP contribution in [-0.4, -0.2) is 24.0 Å². The SMILES string of the molecule is CC(C)C[C@@H]1OC(C)(C)O[C@H]1[C@@H](N)CC1CCCCC1. The van der Waals surface area contributed by atoms with Crippen LogP contribution in [0, 0.1) is 11.8 Å². The van der Waals surface area contributed by atoms with Crippen LogP contribution in [0.4, 0.5) is 0 Å². The van der Waals surface area contributed by atoms with Crippen LogP contribution >= 0.6 is 0 Å². The predicted octanol–water partition coefficient (Wildman–Crippen LogP) is 3.85. The fourth-order valence-electron chi connectivity index (χ4n) is 3.81. The Bertz CT molecular complexity index is 297. The van der Waals surface area contributed by atoms with E-state index in [4.69, 9.17) is 15.2 Å². The molecule has 1 saturated carbocycles. The highest BCUT2D eigenvalue weighted by molar-refractivity contribution is 4.90. The third-order valence-corrected chi connectivity index (χ3v) is 4.68. The number of nitrogens with two attached hydrogens (primary N) is 1. The van der Waals surface area contributed by atoms with Crippen LogP contribution < -0.4 is 5.73 Å². The van der Waals surface area contributed by atoms with E-state index in [1.807, 2.05) is 13.8 Å². The molecule has 0 aromatic carbocycles. The Balaban J connectivity index is 1.92. The largest absolute Gasteiger partial charge is 0.345 e. The van der Waals surface area contributed by atoms with E-state index in [0.717, 1.165) is 18.8 Å². The first kappa shape index (κ1) is 16.3. The molecule has 3 atom stereocenters. The molecule has 0 aromatic rings. The summed E-state index contributed by atoms with van der Waals surface area (Å²) in [5.41, 5.74) is 6.49. The van der Waals surface area contributed by atoms with Gasteiger partial charge in [-0.1, -0.05) is 46.0 Å². The lowest BCUT2D eigenvalue weighted by atomic mass is 9.83. The van der Waals surface area contributed by atoms with Gasteiger partial charge in [0.2, 0.25) is 0 Å². The zero-order valence-electron chi connectivity index (χ0n) is 13.7. The monoisotopic (exact) mass is 283 g/mol. The maximum Gasteiger partial charge on any atom is 0.163 e. The van der Waals surface area contributed by atoms with Crippen LogP contribution in [0.15, 0.2) is 0 Å². The Labute approximate surface area is 124 Å². The van der Waals surface area contributed by atoms with Crippen molar-refractivity contribution in [1.29, 1.82) is 0 Å². The Hall–Kier alpha value is -0.120. The van der Waals surface area contributed by atoms with Crippen molar-refractivity contribution in [1.82, 2.24) is 0 Å². The lowest BCUT2D eigenvalue weighted by Gasteiger charge is -2.29. The second kappa shape index (κ2) is 6.76. The van der Waals surface area contributed by atoms with Gasteiger partial charge in [0.15, 0.2) is 5.79 Å². The van der Waals surface area contributed by atoms with Gasteiger partial charge in [-0.25, -0.2) is 0 Å². The third-order valence-electron chi connectivity index (χ3n) is 4.68. The van der Waals surface area contributed by atoms with Gasteiger partial charge in [-0.05, 0) is 38.5 Å². The predicted molar refractivity (Wildman–Crippen MR) is 82.4 cm³/mol. The van der Waals surface area contributed by atoms with E-state index < -0.39 is 5.79 Å². The summed E-state index contributed by atoms with van der Waals surface area (Å²) < 4.78 is 12.2. The molecule has 118 valence electrons. The van der Waals surface area contributed by atoms with Gasteiger partial charge in [-0.2, -0.15) is 0 Å². The average Bonchev–Trinajstić information content (AvgIpc) is 2.65. The first-order valence-electron chi connectivity index (χ1n) is 8.48. The van der Waals surface area contributed by atoms with Gasteiger partial charge in [0.05, 0.1) is 6.10 Å². The van der Waals surface area contributed by atoms with E-state index in [1.165, 1.54) is 32.1 Å². The summed E-state index contributed by atoms with van der Waals surface area (Å²) >= 11 is 0. The third kappa shape index (κ3) is 4.44. The smallest absolute Gasteiger partial charge is 0.163 e. The second-order valence-corrected chi connectivity index (χ2v) is 7.67. The molecule has 2 aliphatic rings.